The van der Waals surface area contributed by atoms with Gasteiger partial charge in [0.05, 0.1) is 10.2 Å². The maximum atomic E-state index is 12.0. The lowest BCUT2D eigenvalue weighted by atomic mass is 10.3. The van der Waals surface area contributed by atoms with Crippen LogP contribution < -0.4 is 10.1 Å². The number of nitrogens with one attached hydrogen (secondary N) is 1. The second-order valence-electron chi connectivity index (χ2n) is 4.12. The molecule has 2 rings (SSSR count). The minimum atomic E-state index is -0.614. The predicted octanol–water partition coefficient (Wildman–Crippen LogP) is 4.38. The van der Waals surface area contributed by atoms with Crippen molar-refractivity contribution in [2.75, 3.05) is 5.32 Å². The molecule has 0 aliphatic rings. The van der Waals surface area contributed by atoms with E-state index in [1.165, 1.54) is 11.3 Å². The summed E-state index contributed by atoms with van der Waals surface area (Å²) in [5.41, 5.74) is 0.884. The van der Waals surface area contributed by atoms with E-state index in [0.29, 0.717) is 10.9 Å². The first-order valence-electron chi connectivity index (χ1n) is 5.80. The highest BCUT2D eigenvalue weighted by Crippen LogP contribution is 2.29. The molecule has 106 valence electrons. The molecule has 7 heteroatoms. The van der Waals surface area contributed by atoms with Crippen LogP contribution in [0.4, 0.5) is 5.13 Å². The van der Waals surface area contributed by atoms with Crippen LogP contribution in [0, 0.1) is 6.92 Å². The molecule has 0 saturated heterocycles. The average molecular weight is 420 g/mol. The van der Waals surface area contributed by atoms with Gasteiger partial charge in [-0.25, -0.2) is 4.98 Å². The fourth-order valence-corrected chi connectivity index (χ4v) is 3.26. The normalized spacial score (nSPS) is 12.0. The standard InChI is InChI=1S/C13H12Br2N2O2S/c1-7-6-20-13(16-7)17-12(18)8(2)19-11-4-3-9(14)5-10(11)15/h3-6,8H,1-2H3,(H,16,17,18). The smallest absolute Gasteiger partial charge is 0.266 e. The fourth-order valence-electron chi connectivity index (χ4n) is 1.43. The van der Waals surface area contributed by atoms with Gasteiger partial charge in [-0.3, -0.25) is 10.1 Å². The summed E-state index contributed by atoms with van der Waals surface area (Å²) in [5.74, 6) is 0.389. The number of aromatic nitrogens is 1. The number of rotatable bonds is 4. The van der Waals surface area contributed by atoms with E-state index < -0.39 is 6.10 Å². The molecule has 0 spiro atoms. The van der Waals surface area contributed by atoms with Crippen molar-refractivity contribution in [1.82, 2.24) is 4.98 Å². The highest BCUT2D eigenvalue weighted by Gasteiger charge is 2.17. The number of carbonyl (C=O) groups excluding carboxylic acids is 1. The minimum Gasteiger partial charge on any atom is -0.480 e. The molecule has 0 fully saturated rings. The largest absolute Gasteiger partial charge is 0.480 e. The van der Waals surface area contributed by atoms with Crippen molar-refractivity contribution in [1.29, 1.82) is 0 Å². The van der Waals surface area contributed by atoms with Crippen molar-refractivity contribution in [3.05, 3.63) is 38.2 Å². The third kappa shape index (κ3) is 4.04. The molecular formula is C13H12Br2N2O2S. The first-order valence-corrected chi connectivity index (χ1v) is 8.27. The van der Waals surface area contributed by atoms with Crippen molar-refractivity contribution < 1.29 is 9.53 Å². The van der Waals surface area contributed by atoms with E-state index in [1.807, 2.05) is 24.4 Å². The molecule has 1 unspecified atom stereocenters. The second kappa shape index (κ2) is 6.69. The van der Waals surface area contributed by atoms with Crippen LogP contribution >= 0.6 is 43.2 Å². The maximum Gasteiger partial charge on any atom is 0.266 e. The zero-order chi connectivity index (χ0) is 14.7. The van der Waals surface area contributed by atoms with E-state index >= 15 is 0 Å². The molecule has 2 aromatic rings. The lowest BCUT2D eigenvalue weighted by molar-refractivity contribution is -0.122. The van der Waals surface area contributed by atoms with Gasteiger partial charge in [0.25, 0.3) is 5.91 Å². The average Bonchev–Trinajstić information content (AvgIpc) is 2.78. The van der Waals surface area contributed by atoms with E-state index in [1.54, 1.807) is 13.0 Å². The van der Waals surface area contributed by atoms with Gasteiger partial charge in [-0.05, 0) is 48.0 Å². The number of ether oxygens (including phenoxy) is 1. The topological polar surface area (TPSA) is 51.2 Å². The van der Waals surface area contributed by atoms with E-state index in [9.17, 15) is 4.79 Å². The van der Waals surface area contributed by atoms with Crippen molar-refractivity contribution >= 4 is 54.2 Å². The van der Waals surface area contributed by atoms with E-state index in [0.717, 1.165) is 14.6 Å². The zero-order valence-corrected chi connectivity index (χ0v) is 14.8. The lowest BCUT2D eigenvalue weighted by Gasteiger charge is -2.15. The Hall–Kier alpha value is -0.920. The maximum absolute atomic E-state index is 12.0. The molecule has 1 heterocycles. The molecule has 0 aliphatic carbocycles. The number of hydrogen-bond acceptors (Lipinski definition) is 4. The SMILES string of the molecule is Cc1csc(NC(=O)C(C)Oc2ccc(Br)cc2Br)n1. The number of anilines is 1. The third-order valence-electron chi connectivity index (χ3n) is 2.42. The summed E-state index contributed by atoms with van der Waals surface area (Å²) in [7, 11) is 0. The number of aryl methyl sites for hydroxylation is 1. The molecule has 1 aromatic heterocycles. The van der Waals surface area contributed by atoms with Crippen molar-refractivity contribution in [2.24, 2.45) is 0 Å². The highest BCUT2D eigenvalue weighted by atomic mass is 79.9. The van der Waals surface area contributed by atoms with Crippen LogP contribution in [0.1, 0.15) is 12.6 Å². The summed E-state index contributed by atoms with van der Waals surface area (Å²) < 4.78 is 7.36. The summed E-state index contributed by atoms with van der Waals surface area (Å²) in [5, 5.41) is 5.20. The summed E-state index contributed by atoms with van der Waals surface area (Å²) in [6, 6.07) is 5.52. The molecule has 0 saturated carbocycles. The minimum absolute atomic E-state index is 0.228. The molecule has 20 heavy (non-hydrogen) atoms. The van der Waals surface area contributed by atoms with Crippen LogP contribution in [0.5, 0.6) is 5.75 Å². The summed E-state index contributed by atoms with van der Waals surface area (Å²) >= 11 is 8.16. The number of benzene rings is 1. The molecule has 1 aromatic carbocycles. The quantitative estimate of drug-likeness (QED) is 0.799. The molecule has 0 aliphatic heterocycles. The Kier molecular flexibility index (Phi) is 5.17. The molecule has 1 atom stereocenters. The Balaban J connectivity index is 2.00. The van der Waals surface area contributed by atoms with E-state index in [-0.39, 0.29) is 5.91 Å². The van der Waals surface area contributed by atoms with Crippen LogP contribution in [0.15, 0.2) is 32.5 Å². The van der Waals surface area contributed by atoms with Gasteiger partial charge in [-0.15, -0.1) is 11.3 Å². The fraction of sp³-hybridized carbons (Fsp3) is 0.231. The molecular weight excluding hydrogens is 408 g/mol. The Morgan fingerprint density at radius 3 is 2.80 bits per heavy atom. The lowest BCUT2D eigenvalue weighted by Crippen LogP contribution is -2.30. The van der Waals surface area contributed by atoms with E-state index in [2.05, 4.69) is 42.2 Å². The molecule has 1 amide bonds. The van der Waals surface area contributed by atoms with Gasteiger partial charge in [0.2, 0.25) is 0 Å². The third-order valence-corrected chi connectivity index (χ3v) is 4.40. The van der Waals surface area contributed by atoms with Gasteiger partial charge in [-0.2, -0.15) is 0 Å². The summed E-state index contributed by atoms with van der Waals surface area (Å²) in [6.45, 7) is 3.58. The highest BCUT2D eigenvalue weighted by molar-refractivity contribution is 9.11. The van der Waals surface area contributed by atoms with Crippen molar-refractivity contribution in [2.45, 2.75) is 20.0 Å². The Labute approximate surface area is 137 Å². The summed E-state index contributed by atoms with van der Waals surface area (Å²) in [6.07, 6.45) is -0.614. The zero-order valence-electron chi connectivity index (χ0n) is 10.8. The number of nitrogens with zero attached hydrogens (tertiary/aromatic N) is 1. The number of carbonyl (C=O) groups is 1. The van der Waals surface area contributed by atoms with Gasteiger partial charge < -0.3 is 4.74 Å². The van der Waals surface area contributed by atoms with Gasteiger partial charge in [0.15, 0.2) is 11.2 Å². The molecule has 0 radical (unpaired) electrons. The van der Waals surface area contributed by atoms with Gasteiger partial charge >= 0.3 is 0 Å². The second-order valence-corrected chi connectivity index (χ2v) is 6.75. The molecule has 1 N–H and O–H groups in total. The number of thiazole rings is 1. The number of amides is 1. The first kappa shape index (κ1) is 15.5. The van der Waals surface area contributed by atoms with Crippen LogP contribution in [0.3, 0.4) is 0 Å². The Morgan fingerprint density at radius 2 is 2.20 bits per heavy atom. The van der Waals surface area contributed by atoms with Crippen LogP contribution in [0.2, 0.25) is 0 Å². The number of hydrogen-bond donors (Lipinski definition) is 1. The summed E-state index contributed by atoms with van der Waals surface area (Å²) in [4.78, 5) is 16.2. The van der Waals surface area contributed by atoms with Gasteiger partial charge in [0.1, 0.15) is 5.75 Å². The van der Waals surface area contributed by atoms with Crippen LogP contribution in [0.25, 0.3) is 0 Å². The number of halogens is 2. The predicted molar refractivity (Wildman–Crippen MR) is 87.4 cm³/mol. The van der Waals surface area contributed by atoms with Crippen molar-refractivity contribution in [3.63, 3.8) is 0 Å². The van der Waals surface area contributed by atoms with Crippen LogP contribution in [-0.4, -0.2) is 17.0 Å². The molecule has 4 nitrogen and oxygen atoms in total. The first-order chi connectivity index (χ1) is 9.45. The van der Waals surface area contributed by atoms with Crippen molar-refractivity contribution in [3.8, 4) is 5.75 Å². The monoisotopic (exact) mass is 418 g/mol. The Morgan fingerprint density at radius 1 is 1.45 bits per heavy atom. The Bertz CT molecular complexity index is 631. The van der Waals surface area contributed by atoms with Crippen LogP contribution in [-0.2, 0) is 4.79 Å². The van der Waals surface area contributed by atoms with Gasteiger partial charge in [-0.1, -0.05) is 15.9 Å². The molecule has 0 bridgehead atoms. The van der Waals surface area contributed by atoms with E-state index in [4.69, 9.17) is 4.74 Å². The van der Waals surface area contributed by atoms with Gasteiger partial charge in [0, 0.05) is 9.85 Å².